The molecule has 184 valence electrons. The minimum Gasteiger partial charge on any atom is -0.497 e. The third-order valence-electron chi connectivity index (χ3n) is 7.17. The topological polar surface area (TPSA) is 46.5 Å². The van der Waals surface area contributed by atoms with E-state index in [9.17, 15) is 4.79 Å². The van der Waals surface area contributed by atoms with Crippen LogP contribution in [-0.2, 0) is 19.4 Å². The first-order chi connectivity index (χ1) is 17.7. The normalized spacial score (nSPS) is 16.5. The van der Waals surface area contributed by atoms with Gasteiger partial charge in [-0.2, -0.15) is 0 Å². The Bertz CT molecular complexity index is 1420. The summed E-state index contributed by atoms with van der Waals surface area (Å²) in [6, 6.07) is 20.0. The van der Waals surface area contributed by atoms with Crippen molar-refractivity contribution in [2.75, 3.05) is 18.7 Å². The number of urea groups is 1. The lowest BCUT2D eigenvalue weighted by Gasteiger charge is -2.31. The lowest BCUT2D eigenvalue weighted by molar-refractivity contribution is 0.194. The first-order valence-electron chi connectivity index (χ1n) is 12.3. The number of thioether (sulfide) groups is 1. The van der Waals surface area contributed by atoms with Gasteiger partial charge in [0.05, 0.1) is 25.4 Å². The number of aryl methyl sites for hydroxylation is 1. The van der Waals surface area contributed by atoms with Gasteiger partial charge in [0.2, 0.25) is 0 Å². The Kier molecular flexibility index (Phi) is 6.27. The standard InChI is InChI=1S/C29H29N3O2S2/c1-34-21-10-5-8-19(16-21)27-25-13-7-15-31(25)28-24(23-12-3-4-14-26(23)36-28)18-32(27)29(33)30-20-9-6-11-22(17-20)35-2/h5-11,13,15-17,27H,3-4,12,14,18H2,1-2H3,(H,30,33)/t27-/m0/s1. The van der Waals surface area contributed by atoms with Crippen LogP contribution in [0.3, 0.4) is 0 Å². The summed E-state index contributed by atoms with van der Waals surface area (Å²) in [5.41, 5.74) is 5.68. The number of anilines is 1. The minimum atomic E-state index is -0.252. The molecular weight excluding hydrogens is 486 g/mol. The number of hydrogen-bond donors (Lipinski definition) is 1. The number of nitrogens with zero attached hydrogens (tertiary/aromatic N) is 2. The molecule has 0 bridgehead atoms. The maximum Gasteiger partial charge on any atom is 0.322 e. The molecule has 36 heavy (non-hydrogen) atoms. The fourth-order valence-corrected chi connectivity index (χ4v) is 7.31. The van der Waals surface area contributed by atoms with Crippen molar-refractivity contribution < 1.29 is 9.53 Å². The molecule has 0 spiro atoms. The van der Waals surface area contributed by atoms with E-state index >= 15 is 0 Å². The average Bonchev–Trinajstić information content (AvgIpc) is 3.50. The molecule has 1 aliphatic heterocycles. The van der Waals surface area contributed by atoms with Crippen LogP contribution in [0.25, 0.3) is 5.00 Å². The van der Waals surface area contributed by atoms with Gasteiger partial charge in [0.15, 0.2) is 0 Å². The van der Waals surface area contributed by atoms with E-state index in [0.717, 1.165) is 40.4 Å². The van der Waals surface area contributed by atoms with Gasteiger partial charge in [0, 0.05) is 27.2 Å². The van der Waals surface area contributed by atoms with Gasteiger partial charge in [-0.05, 0) is 85.5 Å². The van der Waals surface area contributed by atoms with E-state index in [4.69, 9.17) is 4.74 Å². The summed E-state index contributed by atoms with van der Waals surface area (Å²) in [5.74, 6) is 0.787. The molecule has 1 aliphatic carbocycles. The monoisotopic (exact) mass is 515 g/mol. The van der Waals surface area contributed by atoms with Crippen LogP contribution in [-0.4, -0.2) is 28.9 Å². The molecule has 7 heteroatoms. The fraction of sp³-hybridized carbons (Fsp3) is 0.276. The van der Waals surface area contributed by atoms with Crippen LogP contribution in [0.15, 0.2) is 71.8 Å². The molecule has 0 fully saturated rings. The minimum absolute atomic E-state index is 0.0996. The molecule has 0 unspecified atom stereocenters. The zero-order chi connectivity index (χ0) is 24.6. The van der Waals surface area contributed by atoms with Crippen molar-refractivity contribution >= 4 is 34.8 Å². The number of methoxy groups -OCH3 is 1. The van der Waals surface area contributed by atoms with Crippen molar-refractivity contribution in [3.05, 3.63) is 94.1 Å². The third kappa shape index (κ3) is 4.10. The Morgan fingerprint density at radius 2 is 1.92 bits per heavy atom. The summed E-state index contributed by atoms with van der Waals surface area (Å²) in [6.07, 6.45) is 8.87. The van der Waals surface area contributed by atoms with Crippen molar-refractivity contribution in [2.24, 2.45) is 0 Å². The number of nitrogens with one attached hydrogen (secondary N) is 1. The SMILES string of the molecule is COc1cccc([C@H]2c3cccn3-c3sc4c(c3CN2C(=O)Nc2cccc(SC)c2)CCCC4)c1. The highest BCUT2D eigenvalue weighted by Crippen LogP contribution is 2.44. The molecule has 5 nitrogen and oxygen atoms in total. The molecule has 2 aromatic carbocycles. The van der Waals surface area contributed by atoms with E-state index in [0.29, 0.717) is 6.54 Å². The summed E-state index contributed by atoms with van der Waals surface area (Å²) in [6.45, 7) is 0.568. The van der Waals surface area contributed by atoms with Crippen molar-refractivity contribution in [3.8, 4) is 10.8 Å². The molecule has 3 heterocycles. The van der Waals surface area contributed by atoms with E-state index in [1.54, 1.807) is 18.9 Å². The lowest BCUT2D eigenvalue weighted by atomic mass is 9.95. The van der Waals surface area contributed by atoms with Gasteiger partial charge in [-0.25, -0.2) is 4.79 Å². The number of carbonyl (C=O) groups is 1. The number of carbonyl (C=O) groups excluding carboxylic acids is 1. The van der Waals surface area contributed by atoms with E-state index in [1.807, 2.05) is 58.9 Å². The summed E-state index contributed by atoms with van der Waals surface area (Å²) in [5, 5.41) is 4.46. The predicted octanol–water partition coefficient (Wildman–Crippen LogP) is 7.29. The number of benzene rings is 2. The maximum atomic E-state index is 14.1. The molecule has 0 saturated heterocycles. The van der Waals surface area contributed by atoms with Crippen LogP contribution in [0.1, 0.15) is 46.1 Å². The van der Waals surface area contributed by atoms with Crippen LogP contribution in [0, 0.1) is 0 Å². The first kappa shape index (κ1) is 23.3. The lowest BCUT2D eigenvalue weighted by Crippen LogP contribution is -2.38. The molecule has 2 amide bonds. The number of thiophene rings is 1. The molecule has 2 aliphatic rings. The van der Waals surface area contributed by atoms with E-state index < -0.39 is 0 Å². The van der Waals surface area contributed by atoms with Gasteiger partial charge in [0.25, 0.3) is 0 Å². The molecule has 0 radical (unpaired) electrons. The summed E-state index contributed by atoms with van der Waals surface area (Å²) in [7, 11) is 1.68. The van der Waals surface area contributed by atoms with Crippen LogP contribution >= 0.6 is 23.1 Å². The van der Waals surface area contributed by atoms with Crippen molar-refractivity contribution in [1.29, 1.82) is 0 Å². The average molecular weight is 516 g/mol. The molecule has 6 rings (SSSR count). The molecule has 0 saturated carbocycles. The van der Waals surface area contributed by atoms with Crippen molar-refractivity contribution in [3.63, 3.8) is 0 Å². The molecule has 4 aromatic rings. The van der Waals surface area contributed by atoms with E-state index in [2.05, 4.69) is 40.3 Å². The third-order valence-corrected chi connectivity index (χ3v) is 9.23. The maximum absolute atomic E-state index is 14.1. The van der Waals surface area contributed by atoms with Crippen molar-refractivity contribution in [1.82, 2.24) is 9.47 Å². The van der Waals surface area contributed by atoms with Crippen molar-refractivity contribution in [2.45, 2.75) is 43.2 Å². The van der Waals surface area contributed by atoms with Crippen LogP contribution < -0.4 is 10.1 Å². The number of hydrogen-bond acceptors (Lipinski definition) is 4. The van der Waals surface area contributed by atoms with Crippen LogP contribution in [0.4, 0.5) is 10.5 Å². The van der Waals surface area contributed by atoms with Crippen LogP contribution in [0.5, 0.6) is 5.75 Å². The second kappa shape index (κ2) is 9.71. The largest absolute Gasteiger partial charge is 0.497 e. The fourth-order valence-electron chi connectivity index (χ4n) is 5.45. The quantitative estimate of drug-likeness (QED) is 0.290. The van der Waals surface area contributed by atoms with E-state index in [1.165, 1.54) is 33.8 Å². The number of fused-ring (bicyclic) bond motifs is 5. The smallest absolute Gasteiger partial charge is 0.322 e. The summed E-state index contributed by atoms with van der Waals surface area (Å²) < 4.78 is 7.87. The van der Waals surface area contributed by atoms with Gasteiger partial charge < -0.3 is 19.5 Å². The summed E-state index contributed by atoms with van der Waals surface area (Å²) in [4.78, 5) is 18.7. The van der Waals surface area contributed by atoms with Gasteiger partial charge in [-0.3, -0.25) is 0 Å². The molecular formula is C29H29N3O2S2. The number of amides is 2. The number of aromatic nitrogens is 1. The predicted molar refractivity (Wildman–Crippen MR) is 148 cm³/mol. The second-order valence-electron chi connectivity index (χ2n) is 9.27. The highest BCUT2D eigenvalue weighted by atomic mass is 32.2. The van der Waals surface area contributed by atoms with Gasteiger partial charge >= 0.3 is 6.03 Å². The summed E-state index contributed by atoms with van der Waals surface area (Å²) >= 11 is 3.57. The Balaban J connectivity index is 1.49. The first-order valence-corrected chi connectivity index (χ1v) is 14.4. The van der Waals surface area contributed by atoms with E-state index in [-0.39, 0.29) is 12.1 Å². The van der Waals surface area contributed by atoms with Gasteiger partial charge in [-0.1, -0.05) is 18.2 Å². The van der Waals surface area contributed by atoms with Gasteiger partial charge in [0.1, 0.15) is 10.8 Å². The molecule has 2 aromatic heterocycles. The zero-order valence-corrected chi connectivity index (χ0v) is 22.1. The molecule has 1 atom stereocenters. The van der Waals surface area contributed by atoms with Crippen LogP contribution in [0.2, 0.25) is 0 Å². The Morgan fingerprint density at radius 3 is 2.78 bits per heavy atom. The van der Waals surface area contributed by atoms with Gasteiger partial charge in [-0.15, -0.1) is 23.1 Å². The second-order valence-corrected chi connectivity index (χ2v) is 11.2. The Hall–Kier alpha value is -3.16. The number of rotatable bonds is 4. The highest BCUT2D eigenvalue weighted by Gasteiger charge is 2.36. The Morgan fingerprint density at radius 1 is 1.06 bits per heavy atom. The highest BCUT2D eigenvalue weighted by molar-refractivity contribution is 7.98. The number of ether oxygens (including phenoxy) is 1. The molecule has 1 N–H and O–H groups in total. The zero-order valence-electron chi connectivity index (χ0n) is 20.5. The Labute approximate surface area is 220 Å².